The van der Waals surface area contributed by atoms with Crippen molar-refractivity contribution < 1.29 is 42.0 Å². The number of carbonyl (C=O) groups excluding carboxylic acids is 1. The molecule has 11 heteroatoms. The number of carbonyl (C=O) groups is 1. The monoisotopic (exact) mass is 576 g/mol. The zero-order valence-electron chi connectivity index (χ0n) is 22.7. The molecule has 220 valence electrons. The molecule has 4 rings (SSSR count). The lowest BCUT2D eigenvalue weighted by Crippen LogP contribution is -2.44. The third-order valence-corrected chi connectivity index (χ3v) is 6.75. The predicted octanol–water partition coefficient (Wildman–Crippen LogP) is 5.41. The molecule has 1 aliphatic carbocycles. The maximum atomic E-state index is 14.5. The van der Waals surface area contributed by atoms with Crippen LogP contribution in [0.4, 0.5) is 17.6 Å². The lowest BCUT2D eigenvalue weighted by molar-refractivity contribution is -0.270. The number of nitrogens with two attached hydrogens (primary N) is 1. The SMILES string of the molecule is CC(C)(N)c1cc(-c2ccc(F)cc2)nc([C@](O)(CCC(=O)c2ccc(OCCO)c(OC3CC3)c2)C(F)(F)F)c1. The van der Waals surface area contributed by atoms with Crippen LogP contribution < -0.4 is 15.2 Å². The maximum absolute atomic E-state index is 14.5. The summed E-state index contributed by atoms with van der Waals surface area (Å²) >= 11 is 0. The van der Waals surface area contributed by atoms with Crippen molar-refractivity contribution in [1.29, 1.82) is 0 Å². The second-order valence-electron chi connectivity index (χ2n) is 10.7. The summed E-state index contributed by atoms with van der Waals surface area (Å²) in [7, 11) is 0. The van der Waals surface area contributed by atoms with Crippen molar-refractivity contribution in [2.24, 2.45) is 5.73 Å². The molecule has 0 bridgehead atoms. The first kappa shape index (κ1) is 30.4. The van der Waals surface area contributed by atoms with Gasteiger partial charge in [-0.1, -0.05) is 0 Å². The number of aliphatic hydroxyl groups is 2. The largest absolute Gasteiger partial charge is 0.487 e. The molecule has 7 nitrogen and oxygen atoms in total. The fourth-order valence-electron chi connectivity index (χ4n) is 4.15. The minimum absolute atomic E-state index is 0.00147. The van der Waals surface area contributed by atoms with E-state index in [2.05, 4.69) is 4.98 Å². The topological polar surface area (TPSA) is 115 Å². The summed E-state index contributed by atoms with van der Waals surface area (Å²) in [6.07, 6.45) is -5.28. The van der Waals surface area contributed by atoms with Gasteiger partial charge in [0.15, 0.2) is 17.3 Å². The van der Waals surface area contributed by atoms with Crippen LogP contribution >= 0.6 is 0 Å². The van der Waals surface area contributed by atoms with E-state index in [4.69, 9.17) is 20.3 Å². The standard InChI is InChI=1S/C30H32F4N2O5/c1-28(2,35)20-16-23(18-3-6-21(31)7-4-18)36-27(17-20)29(39,30(32,33)34)12-11-24(38)19-5-10-25(40-14-13-37)26(15-19)41-22-8-9-22/h3-7,10,15-17,22,37,39H,8-9,11-14,35H2,1-2H3/t29-/m1/s1. The number of aliphatic hydroxyl groups excluding tert-OH is 1. The van der Waals surface area contributed by atoms with Crippen LogP contribution in [0.25, 0.3) is 11.3 Å². The zero-order chi connectivity index (χ0) is 30.0. The zero-order valence-corrected chi connectivity index (χ0v) is 22.7. The summed E-state index contributed by atoms with van der Waals surface area (Å²) in [6, 6.07) is 11.8. The first-order chi connectivity index (χ1) is 19.2. The lowest BCUT2D eigenvalue weighted by Gasteiger charge is -2.32. The quantitative estimate of drug-likeness (QED) is 0.195. The van der Waals surface area contributed by atoms with Crippen molar-refractivity contribution in [2.75, 3.05) is 13.2 Å². The van der Waals surface area contributed by atoms with Crippen molar-refractivity contribution in [3.8, 4) is 22.8 Å². The van der Waals surface area contributed by atoms with Crippen molar-refractivity contribution >= 4 is 5.78 Å². The van der Waals surface area contributed by atoms with Crippen LogP contribution in [0.1, 0.15) is 61.1 Å². The number of ketones is 1. The molecule has 4 N–H and O–H groups in total. The highest BCUT2D eigenvalue weighted by Crippen LogP contribution is 2.44. The van der Waals surface area contributed by atoms with Crippen LogP contribution in [0.5, 0.6) is 11.5 Å². The van der Waals surface area contributed by atoms with Gasteiger partial charge in [-0.25, -0.2) is 9.37 Å². The average molecular weight is 577 g/mol. The Bertz CT molecular complexity index is 1390. The summed E-state index contributed by atoms with van der Waals surface area (Å²) < 4.78 is 68.2. The Balaban J connectivity index is 1.66. The number of Topliss-reactive ketones (excluding diaryl/α,β-unsaturated/α-hetero) is 1. The van der Waals surface area contributed by atoms with Crippen LogP contribution in [0.2, 0.25) is 0 Å². The molecule has 0 aliphatic heterocycles. The number of nitrogens with zero attached hydrogens (tertiary/aromatic N) is 1. The molecule has 3 aromatic rings. The van der Waals surface area contributed by atoms with Crippen LogP contribution in [0.15, 0.2) is 54.6 Å². The van der Waals surface area contributed by atoms with Gasteiger partial charge < -0.3 is 25.4 Å². The first-order valence-corrected chi connectivity index (χ1v) is 13.2. The van der Waals surface area contributed by atoms with Crippen LogP contribution in [0.3, 0.4) is 0 Å². The summed E-state index contributed by atoms with van der Waals surface area (Å²) in [4.78, 5) is 17.2. The van der Waals surface area contributed by atoms with E-state index in [0.717, 1.165) is 31.0 Å². The molecule has 1 saturated carbocycles. The second-order valence-corrected chi connectivity index (χ2v) is 10.7. The fourth-order valence-corrected chi connectivity index (χ4v) is 4.15. The Hall–Kier alpha value is -3.54. The molecular formula is C30H32F4N2O5. The third kappa shape index (κ3) is 7.22. The normalized spacial score (nSPS) is 15.3. The van der Waals surface area contributed by atoms with Gasteiger partial charge in [0.2, 0.25) is 5.60 Å². The Labute approximate surface area is 234 Å². The molecule has 1 atom stereocenters. The molecule has 1 heterocycles. The van der Waals surface area contributed by atoms with E-state index in [1.165, 1.54) is 36.4 Å². The third-order valence-electron chi connectivity index (χ3n) is 6.75. The highest BCUT2D eigenvalue weighted by molar-refractivity contribution is 5.96. The number of rotatable bonds is 12. The second kappa shape index (κ2) is 11.8. The molecule has 0 amide bonds. The Kier molecular flexibility index (Phi) is 8.72. The molecule has 0 unspecified atom stereocenters. The van der Waals surface area contributed by atoms with Crippen molar-refractivity contribution in [3.05, 3.63) is 77.2 Å². The highest BCUT2D eigenvalue weighted by atomic mass is 19.4. The van der Waals surface area contributed by atoms with E-state index in [1.54, 1.807) is 13.8 Å². The number of halogens is 4. The van der Waals surface area contributed by atoms with Gasteiger partial charge in [0.05, 0.1) is 24.1 Å². The van der Waals surface area contributed by atoms with E-state index < -0.39 is 47.5 Å². The highest BCUT2D eigenvalue weighted by Gasteiger charge is 2.56. The molecule has 1 fully saturated rings. The summed E-state index contributed by atoms with van der Waals surface area (Å²) in [6.45, 7) is 2.94. The van der Waals surface area contributed by atoms with Crippen LogP contribution in [-0.2, 0) is 11.1 Å². The van der Waals surface area contributed by atoms with Gasteiger partial charge >= 0.3 is 6.18 Å². The van der Waals surface area contributed by atoms with E-state index in [1.807, 2.05) is 0 Å². The van der Waals surface area contributed by atoms with E-state index >= 15 is 0 Å². The molecule has 0 spiro atoms. The molecule has 1 aliphatic rings. The van der Waals surface area contributed by atoms with Gasteiger partial charge in [-0.3, -0.25) is 4.79 Å². The number of aromatic nitrogens is 1. The van der Waals surface area contributed by atoms with Crippen LogP contribution in [-0.4, -0.2) is 46.5 Å². The van der Waals surface area contributed by atoms with Gasteiger partial charge in [-0.05, 0) is 93.3 Å². The van der Waals surface area contributed by atoms with Gasteiger partial charge in [0.25, 0.3) is 0 Å². The summed E-state index contributed by atoms with van der Waals surface area (Å²) in [5.41, 5.74) is 1.61. The lowest BCUT2D eigenvalue weighted by atomic mass is 9.86. The number of hydrogen-bond donors (Lipinski definition) is 3. The molecule has 0 saturated heterocycles. The number of pyridine rings is 1. The van der Waals surface area contributed by atoms with Crippen molar-refractivity contribution in [1.82, 2.24) is 4.98 Å². The van der Waals surface area contributed by atoms with Gasteiger partial charge in [0.1, 0.15) is 12.4 Å². The molecule has 2 aromatic carbocycles. The molecule has 0 radical (unpaired) electrons. The molecule has 41 heavy (non-hydrogen) atoms. The number of benzene rings is 2. The van der Waals surface area contributed by atoms with E-state index in [9.17, 15) is 27.5 Å². The fraction of sp³-hybridized carbons (Fsp3) is 0.400. The predicted molar refractivity (Wildman–Crippen MR) is 143 cm³/mol. The summed E-state index contributed by atoms with van der Waals surface area (Å²) in [5, 5.41) is 20.2. The van der Waals surface area contributed by atoms with Gasteiger partial charge in [-0.15, -0.1) is 0 Å². The Morgan fingerprint density at radius 2 is 1.73 bits per heavy atom. The van der Waals surface area contributed by atoms with Gasteiger partial charge in [0, 0.05) is 23.1 Å². The minimum Gasteiger partial charge on any atom is -0.487 e. The van der Waals surface area contributed by atoms with E-state index in [-0.39, 0.29) is 41.9 Å². The number of hydrogen-bond acceptors (Lipinski definition) is 7. The van der Waals surface area contributed by atoms with Gasteiger partial charge in [-0.2, -0.15) is 13.2 Å². The number of alkyl halides is 3. The average Bonchev–Trinajstić information content (AvgIpc) is 3.74. The maximum Gasteiger partial charge on any atom is 0.422 e. The Morgan fingerprint density at radius 3 is 2.32 bits per heavy atom. The number of ether oxygens (including phenoxy) is 2. The summed E-state index contributed by atoms with van der Waals surface area (Å²) in [5.74, 6) is -0.640. The Morgan fingerprint density at radius 1 is 1.05 bits per heavy atom. The molecular weight excluding hydrogens is 544 g/mol. The van der Waals surface area contributed by atoms with Crippen LogP contribution in [0, 0.1) is 5.82 Å². The van der Waals surface area contributed by atoms with Crippen molar-refractivity contribution in [2.45, 2.75) is 63.0 Å². The minimum atomic E-state index is -5.19. The van der Waals surface area contributed by atoms with Crippen molar-refractivity contribution in [3.63, 3.8) is 0 Å². The first-order valence-electron chi connectivity index (χ1n) is 13.2. The smallest absolute Gasteiger partial charge is 0.422 e. The molecule has 1 aromatic heterocycles. The van der Waals surface area contributed by atoms with E-state index in [0.29, 0.717) is 11.3 Å².